The van der Waals surface area contributed by atoms with E-state index in [1.807, 2.05) is 24.4 Å². The predicted octanol–water partition coefficient (Wildman–Crippen LogP) is 3.54. The molecule has 28 heavy (non-hydrogen) atoms. The number of aromatic nitrogens is 1. The van der Waals surface area contributed by atoms with Gasteiger partial charge in [0.15, 0.2) is 6.61 Å². The smallest absolute Gasteiger partial charge is 0.341 e. The average molecular weight is 403 g/mol. The number of ether oxygens (including phenoxy) is 1. The molecular weight excluding hydrogens is 380 g/mol. The van der Waals surface area contributed by atoms with Crippen LogP contribution in [0.3, 0.4) is 0 Å². The van der Waals surface area contributed by atoms with Gasteiger partial charge in [-0.3, -0.25) is 0 Å². The van der Waals surface area contributed by atoms with E-state index in [0.717, 1.165) is 35.9 Å². The zero-order valence-corrected chi connectivity index (χ0v) is 16.1. The summed E-state index contributed by atoms with van der Waals surface area (Å²) in [5, 5.41) is 23.9. The Kier molecular flexibility index (Phi) is 6.92. The van der Waals surface area contributed by atoms with Crippen molar-refractivity contribution < 1.29 is 19.7 Å². The number of hydrogen-bond donors (Lipinski definition) is 4. The van der Waals surface area contributed by atoms with Crippen LogP contribution >= 0.6 is 11.6 Å². The molecule has 6 nitrogen and oxygen atoms in total. The summed E-state index contributed by atoms with van der Waals surface area (Å²) in [5.41, 5.74) is 2.91. The molecule has 0 aliphatic rings. The first-order valence-corrected chi connectivity index (χ1v) is 9.49. The first kappa shape index (κ1) is 20.2. The number of hydrogen-bond acceptors (Lipinski definition) is 4. The third-order valence-electron chi connectivity index (χ3n) is 4.47. The molecule has 4 N–H and O–H groups in total. The van der Waals surface area contributed by atoms with Gasteiger partial charge in [0.2, 0.25) is 0 Å². The van der Waals surface area contributed by atoms with Crippen LogP contribution in [0.2, 0.25) is 5.02 Å². The summed E-state index contributed by atoms with van der Waals surface area (Å²) < 4.78 is 5.20. The minimum Gasteiger partial charge on any atom is -0.482 e. The second kappa shape index (κ2) is 9.59. The normalized spacial score (nSPS) is 12.2. The van der Waals surface area contributed by atoms with Gasteiger partial charge in [-0.15, -0.1) is 0 Å². The van der Waals surface area contributed by atoms with Gasteiger partial charge in [0.05, 0.1) is 6.10 Å². The second-order valence-electron chi connectivity index (χ2n) is 6.58. The Morgan fingerprint density at radius 2 is 2.11 bits per heavy atom. The van der Waals surface area contributed by atoms with Crippen LogP contribution in [0, 0.1) is 0 Å². The number of H-pyrrole nitrogens is 1. The van der Waals surface area contributed by atoms with Crippen molar-refractivity contribution in [3.8, 4) is 5.75 Å². The van der Waals surface area contributed by atoms with Gasteiger partial charge in [-0.25, -0.2) is 4.79 Å². The number of aliphatic carboxylic acids is 1. The first-order valence-electron chi connectivity index (χ1n) is 9.12. The fourth-order valence-corrected chi connectivity index (χ4v) is 3.28. The molecule has 0 saturated heterocycles. The van der Waals surface area contributed by atoms with Crippen molar-refractivity contribution in [3.63, 3.8) is 0 Å². The van der Waals surface area contributed by atoms with Crippen LogP contribution in [0.5, 0.6) is 5.75 Å². The van der Waals surface area contributed by atoms with E-state index in [-0.39, 0.29) is 6.61 Å². The largest absolute Gasteiger partial charge is 0.482 e. The van der Waals surface area contributed by atoms with Gasteiger partial charge >= 0.3 is 5.97 Å². The number of rotatable bonds is 10. The summed E-state index contributed by atoms with van der Waals surface area (Å²) >= 11 is 5.95. The highest BCUT2D eigenvalue weighted by Gasteiger charge is 2.08. The number of nitrogens with one attached hydrogen (secondary N) is 2. The van der Waals surface area contributed by atoms with Crippen molar-refractivity contribution in [2.45, 2.75) is 18.9 Å². The maximum atomic E-state index is 10.6. The number of carbonyl (C=O) groups is 1. The van der Waals surface area contributed by atoms with E-state index in [0.29, 0.717) is 17.3 Å². The number of halogens is 1. The van der Waals surface area contributed by atoms with Gasteiger partial charge in [-0.2, -0.15) is 0 Å². The van der Waals surface area contributed by atoms with Crippen molar-refractivity contribution in [2.75, 3.05) is 19.7 Å². The van der Waals surface area contributed by atoms with Gasteiger partial charge in [-0.1, -0.05) is 23.7 Å². The molecule has 0 bridgehead atoms. The maximum absolute atomic E-state index is 10.6. The molecule has 2 aromatic carbocycles. The van der Waals surface area contributed by atoms with Gasteiger partial charge in [0.25, 0.3) is 0 Å². The highest BCUT2D eigenvalue weighted by atomic mass is 35.5. The van der Waals surface area contributed by atoms with Crippen LogP contribution in [-0.2, 0) is 11.2 Å². The van der Waals surface area contributed by atoms with E-state index < -0.39 is 12.1 Å². The third-order valence-corrected chi connectivity index (χ3v) is 4.71. The SMILES string of the molecule is O=C(O)COc1ccc2c(CCCNCC(O)c3cccc(Cl)c3)c[nH]c2c1. The molecule has 1 heterocycles. The Balaban J connectivity index is 1.46. The number of fused-ring (bicyclic) bond motifs is 1. The van der Waals surface area contributed by atoms with Crippen LogP contribution in [0.4, 0.5) is 0 Å². The summed E-state index contributed by atoms with van der Waals surface area (Å²) in [5.74, 6) is -0.472. The molecule has 1 atom stereocenters. The van der Waals surface area contributed by atoms with Gasteiger partial charge in [-0.05, 0) is 54.8 Å². The lowest BCUT2D eigenvalue weighted by atomic mass is 10.1. The molecule has 0 radical (unpaired) electrons. The highest BCUT2D eigenvalue weighted by molar-refractivity contribution is 6.30. The summed E-state index contributed by atoms with van der Waals surface area (Å²) in [6.45, 7) is 0.897. The van der Waals surface area contributed by atoms with E-state index in [9.17, 15) is 9.90 Å². The second-order valence-corrected chi connectivity index (χ2v) is 7.02. The number of aryl methyl sites for hydroxylation is 1. The molecule has 0 aliphatic carbocycles. The molecular formula is C21H23ClN2O4. The fraction of sp³-hybridized carbons (Fsp3) is 0.286. The number of aliphatic hydroxyl groups excluding tert-OH is 1. The summed E-state index contributed by atoms with van der Waals surface area (Å²) in [6.07, 6.45) is 3.19. The minimum absolute atomic E-state index is 0.355. The molecule has 3 rings (SSSR count). The Morgan fingerprint density at radius 3 is 2.89 bits per heavy atom. The Hall–Kier alpha value is -2.54. The van der Waals surface area contributed by atoms with Crippen LogP contribution in [-0.4, -0.2) is 40.9 Å². The molecule has 148 valence electrons. The van der Waals surface area contributed by atoms with Gasteiger partial charge in [0.1, 0.15) is 5.75 Å². The van der Waals surface area contributed by atoms with Crippen molar-refractivity contribution in [3.05, 3.63) is 64.8 Å². The Bertz CT molecular complexity index is 941. The van der Waals surface area contributed by atoms with Gasteiger partial charge in [0, 0.05) is 34.7 Å². The topological polar surface area (TPSA) is 94.6 Å². The molecule has 0 aliphatic heterocycles. The third kappa shape index (κ3) is 5.48. The number of aromatic amines is 1. The summed E-state index contributed by atoms with van der Waals surface area (Å²) in [6, 6.07) is 12.8. The molecule has 0 saturated carbocycles. The summed E-state index contributed by atoms with van der Waals surface area (Å²) in [7, 11) is 0. The number of carboxylic acids is 1. The Morgan fingerprint density at radius 1 is 1.25 bits per heavy atom. The maximum Gasteiger partial charge on any atom is 0.341 e. The van der Waals surface area contributed by atoms with Crippen molar-refractivity contribution in [1.82, 2.24) is 10.3 Å². The molecule has 0 amide bonds. The molecule has 0 fully saturated rings. The van der Waals surface area contributed by atoms with E-state index in [2.05, 4.69) is 10.3 Å². The van der Waals surface area contributed by atoms with E-state index in [1.165, 1.54) is 5.56 Å². The predicted molar refractivity (Wildman–Crippen MR) is 109 cm³/mol. The van der Waals surface area contributed by atoms with Crippen LogP contribution in [0.15, 0.2) is 48.7 Å². The van der Waals surface area contributed by atoms with E-state index >= 15 is 0 Å². The van der Waals surface area contributed by atoms with E-state index in [1.54, 1.807) is 24.3 Å². The lowest BCUT2D eigenvalue weighted by Gasteiger charge is -2.12. The van der Waals surface area contributed by atoms with Gasteiger partial charge < -0.3 is 25.3 Å². The fourth-order valence-electron chi connectivity index (χ4n) is 3.08. The molecule has 1 unspecified atom stereocenters. The monoisotopic (exact) mass is 402 g/mol. The number of benzene rings is 2. The average Bonchev–Trinajstić information content (AvgIpc) is 3.08. The highest BCUT2D eigenvalue weighted by Crippen LogP contribution is 2.24. The lowest BCUT2D eigenvalue weighted by molar-refractivity contribution is -0.139. The molecule has 7 heteroatoms. The zero-order chi connectivity index (χ0) is 19.9. The number of carboxylic acid groups (broad SMARTS) is 1. The quantitative estimate of drug-likeness (QED) is 0.389. The Labute approximate surface area is 168 Å². The minimum atomic E-state index is -1.000. The standard InChI is InChI=1S/C21H23ClN2O4/c22-16-5-1-3-14(9-16)20(25)12-23-8-2-4-15-11-24-19-10-17(6-7-18(15)19)28-13-21(26)27/h1,3,5-7,9-11,20,23-25H,2,4,8,12-13H2,(H,26,27). The molecule has 0 spiro atoms. The van der Waals surface area contributed by atoms with E-state index in [4.69, 9.17) is 21.4 Å². The van der Waals surface area contributed by atoms with Crippen molar-refractivity contribution in [2.24, 2.45) is 0 Å². The molecule has 3 aromatic rings. The van der Waals surface area contributed by atoms with Crippen molar-refractivity contribution in [1.29, 1.82) is 0 Å². The first-order chi connectivity index (χ1) is 13.5. The van der Waals surface area contributed by atoms with Crippen molar-refractivity contribution >= 4 is 28.5 Å². The molecule has 1 aromatic heterocycles. The van der Waals surface area contributed by atoms with Crippen LogP contribution < -0.4 is 10.1 Å². The number of aliphatic hydroxyl groups is 1. The van der Waals surface area contributed by atoms with Crippen LogP contribution in [0.1, 0.15) is 23.7 Å². The van der Waals surface area contributed by atoms with Crippen LogP contribution in [0.25, 0.3) is 10.9 Å². The lowest BCUT2D eigenvalue weighted by Crippen LogP contribution is -2.22. The summed E-state index contributed by atoms with van der Waals surface area (Å²) in [4.78, 5) is 13.8. The zero-order valence-electron chi connectivity index (χ0n) is 15.3.